The summed E-state index contributed by atoms with van der Waals surface area (Å²) in [4.78, 5) is 13.7. The van der Waals surface area contributed by atoms with E-state index in [1.165, 1.54) is 0 Å². The third kappa shape index (κ3) is 3.83. The number of aliphatic hydroxyl groups excluding tert-OH is 1. The third-order valence-electron chi connectivity index (χ3n) is 4.39. The SMILES string of the molecule is CN(CC1CCCC1O)C(=O)NCC1(C)CCCO1. The Morgan fingerprint density at radius 2 is 2.26 bits per heavy atom. The van der Waals surface area contributed by atoms with Gasteiger partial charge >= 0.3 is 6.03 Å². The minimum absolute atomic E-state index is 0.0733. The number of rotatable bonds is 4. The topological polar surface area (TPSA) is 61.8 Å². The second kappa shape index (κ2) is 6.09. The average Bonchev–Trinajstić information content (AvgIpc) is 2.97. The molecule has 0 aromatic heterocycles. The van der Waals surface area contributed by atoms with Gasteiger partial charge in [0.1, 0.15) is 0 Å². The van der Waals surface area contributed by atoms with E-state index in [2.05, 4.69) is 5.32 Å². The molecule has 1 heterocycles. The molecule has 0 aromatic rings. The fourth-order valence-corrected chi connectivity index (χ4v) is 3.04. The van der Waals surface area contributed by atoms with Gasteiger partial charge in [0.25, 0.3) is 0 Å². The number of nitrogens with zero attached hydrogens (tertiary/aromatic N) is 1. The van der Waals surface area contributed by atoms with Crippen molar-refractivity contribution in [2.45, 2.75) is 50.7 Å². The van der Waals surface area contributed by atoms with Gasteiger partial charge in [-0.3, -0.25) is 0 Å². The summed E-state index contributed by atoms with van der Waals surface area (Å²) in [5, 5.41) is 12.7. The maximum atomic E-state index is 12.0. The predicted molar refractivity (Wildman–Crippen MR) is 73.0 cm³/mol. The molecule has 1 aliphatic carbocycles. The Kier molecular flexibility index (Phi) is 4.68. The lowest BCUT2D eigenvalue weighted by Gasteiger charge is -2.27. The van der Waals surface area contributed by atoms with E-state index in [0.717, 1.165) is 38.7 Å². The molecule has 0 aromatic carbocycles. The van der Waals surface area contributed by atoms with Gasteiger partial charge in [0.15, 0.2) is 0 Å². The van der Waals surface area contributed by atoms with E-state index in [9.17, 15) is 9.90 Å². The summed E-state index contributed by atoms with van der Waals surface area (Å²) < 4.78 is 5.65. The van der Waals surface area contributed by atoms with Crippen LogP contribution in [0.1, 0.15) is 39.0 Å². The van der Waals surface area contributed by atoms with Crippen LogP contribution < -0.4 is 5.32 Å². The molecule has 110 valence electrons. The first kappa shape index (κ1) is 14.6. The Bertz CT molecular complexity index is 316. The van der Waals surface area contributed by atoms with Crippen LogP contribution in [0.2, 0.25) is 0 Å². The maximum absolute atomic E-state index is 12.0. The predicted octanol–water partition coefficient (Wildman–Crippen LogP) is 1.36. The molecular weight excluding hydrogens is 244 g/mol. The van der Waals surface area contributed by atoms with Crippen LogP contribution in [0.3, 0.4) is 0 Å². The lowest BCUT2D eigenvalue weighted by Crippen LogP contribution is -2.46. The summed E-state index contributed by atoms with van der Waals surface area (Å²) in [5.74, 6) is 0.231. The van der Waals surface area contributed by atoms with Crippen molar-refractivity contribution in [3.63, 3.8) is 0 Å². The molecule has 2 N–H and O–H groups in total. The zero-order valence-electron chi connectivity index (χ0n) is 12.0. The highest BCUT2D eigenvalue weighted by Crippen LogP contribution is 2.26. The van der Waals surface area contributed by atoms with Gasteiger partial charge < -0.3 is 20.1 Å². The van der Waals surface area contributed by atoms with Crippen molar-refractivity contribution >= 4 is 6.03 Å². The molecule has 3 atom stereocenters. The van der Waals surface area contributed by atoms with Gasteiger partial charge in [-0.2, -0.15) is 0 Å². The largest absolute Gasteiger partial charge is 0.393 e. The smallest absolute Gasteiger partial charge is 0.317 e. The molecule has 0 spiro atoms. The van der Waals surface area contributed by atoms with Crippen molar-refractivity contribution in [2.24, 2.45) is 5.92 Å². The van der Waals surface area contributed by atoms with Crippen LogP contribution in [-0.2, 0) is 4.74 Å². The lowest BCUT2D eigenvalue weighted by atomic mass is 10.0. The van der Waals surface area contributed by atoms with Gasteiger partial charge in [-0.15, -0.1) is 0 Å². The quantitative estimate of drug-likeness (QED) is 0.811. The van der Waals surface area contributed by atoms with Crippen LogP contribution in [0.4, 0.5) is 4.79 Å². The molecule has 2 aliphatic rings. The van der Waals surface area contributed by atoms with E-state index >= 15 is 0 Å². The van der Waals surface area contributed by atoms with E-state index in [4.69, 9.17) is 4.74 Å². The highest BCUT2D eigenvalue weighted by Gasteiger charge is 2.31. The van der Waals surface area contributed by atoms with E-state index in [0.29, 0.717) is 13.1 Å². The van der Waals surface area contributed by atoms with Gasteiger partial charge in [-0.1, -0.05) is 6.42 Å². The molecule has 2 rings (SSSR count). The van der Waals surface area contributed by atoms with Crippen molar-refractivity contribution < 1.29 is 14.6 Å². The zero-order valence-corrected chi connectivity index (χ0v) is 12.0. The number of hydrogen-bond donors (Lipinski definition) is 2. The molecule has 1 saturated heterocycles. The lowest BCUT2D eigenvalue weighted by molar-refractivity contribution is 0.0218. The fraction of sp³-hybridized carbons (Fsp3) is 0.929. The Hall–Kier alpha value is -0.810. The summed E-state index contributed by atoms with van der Waals surface area (Å²) in [5.41, 5.74) is -0.205. The first-order valence-electron chi connectivity index (χ1n) is 7.31. The normalized spacial score (nSPS) is 34.5. The van der Waals surface area contributed by atoms with E-state index in [-0.39, 0.29) is 23.7 Å². The van der Waals surface area contributed by atoms with Crippen LogP contribution in [0.5, 0.6) is 0 Å². The molecule has 5 nitrogen and oxygen atoms in total. The summed E-state index contributed by atoms with van der Waals surface area (Å²) in [6.45, 7) is 4.02. The number of amides is 2. The minimum atomic E-state index is -0.245. The highest BCUT2D eigenvalue weighted by atomic mass is 16.5. The third-order valence-corrected chi connectivity index (χ3v) is 4.39. The van der Waals surface area contributed by atoms with Crippen LogP contribution >= 0.6 is 0 Å². The summed E-state index contributed by atoms with van der Waals surface area (Å²) >= 11 is 0. The van der Waals surface area contributed by atoms with Gasteiger partial charge in [-0.05, 0) is 32.6 Å². The molecule has 0 bridgehead atoms. The molecule has 0 radical (unpaired) electrons. The second-order valence-corrected chi connectivity index (χ2v) is 6.20. The monoisotopic (exact) mass is 270 g/mol. The van der Waals surface area contributed by atoms with Gasteiger partial charge in [0.2, 0.25) is 0 Å². The summed E-state index contributed by atoms with van der Waals surface area (Å²) in [6.07, 6.45) is 4.76. The van der Waals surface area contributed by atoms with Crippen LogP contribution in [0.15, 0.2) is 0 Å². The van der Waals surface area contributed by atoms with E-state index < -0.39 is 0 Å². The molecule has 5 heteroatoms. The molecule has 2 fully saturated rings. The second-order valence-electron chi connectivity index (χ2n) is 6.20. The van der Waals surface area contributed by atoms with Crippen molar-refractivity contribution in [2.75, 3.05) is 26.7 Å². The number of hydrogen-bond acceptors (Lipinski definition) is 3. The summed E-state index contributed by atoms with van der Waals surface area (Å²) in [7, 11) is 1.79. The standard InChI is InChI=1S/C14H26N2O3/c1-14(7-4-8-19-14)10-15-13(18)16(2)9-11-5-3-6-12(11)17/h11-12,17H,3-10H2,1-2H3,(H,15,18). The van der Waals surface area contributed by atoms with Crippen LogP contribution in [0.25, 0.3) is 0 Å². The Morgan fingerprint density at radius 1 is 1.47 bits per heavy atom. The van der Waals surface area contributed by atoms with Crippen molar-refractivity contribution in [3.05, 3.63) is 0 Å². The zero-order chi connectivity index (χ0) is 13.9. The number of carbonyl (C=O) groups is 1. The molecule has 3 unspecified atom stereocenters. The average molecular weight is 270 g/mol. The van der Waals surface area contributed by atoms with Gasteiger partial charge in [0.05, 0.1) is 11.7 Å². The molecule has 1 aliphatic heterocycles. The number of ether oxygens (including phenoxy) is 1. The molecule has 1 saturated carbocycles. The van der Waals surface area contributed by atoms with Gasteiger partial charge in [0, 0.05) is 32.7 Å². The van der Waals surface area contributed by atoms with Gasteiger partial charge in [-0.25, -0.2) is 4.79 Å². The highest BCUT2D eigenvalue weighted by molar-refractivity contribution is 5.73. The number of urea groups is 1. The fourth-order valence-electron chi connectivity index (χ4n) is 3.04. The molecule has 2 amide bonds. The molecule has 19 heavy (non-hydrogen) atoms. The Labute approximate surface area is 115 Å². The maximum Gasteiger partial charge on any atom is 0.317 e. The molecular formula is C14H26N2O3. The van der Waals surface area contributed by atoms with Crippen LogP contribution in [-0.4, -0.2) is 54.5 Å². The number of aliphatic hydroxyl groups is 1. The number of nitrogens with one attached hydrogen (secondary N) is 1. The summed E-state index contributed by atoms with van der Waals surface area (Å²) in [6, 6.07) is -0.0733. The Balaban J connectivity index is 1.73. The van der Waals surface area contributed by atoms with Crippen LogP contribution in [0, 0.1) is 5.92 Å². The van der Waals surface area contributed by atoms with E-state index in [1.54, 1.807) is 11.9 Å². The van der Waals surface area contributed by atoms with Crippen molar-refractivity contribution in [3.8, 4) is 0 Å². The van der Waals surface area contributed by atoms with E-state index in [1.807, 2.05) is 6.92 Å². The number of carbonyl (C=O) groups excluding carboxylic acids is 1. The first-order chi connectivity index (χ1) is 9.00. The Morgan fingerprint density at radius 3 is 2.84 bits per heavy atom. The first-order valence-corrected chi connectivity index (χ1v) is 7.31. The van der Waals surface area contributed by atoms with Crippen molar-refractivity contribution in [1.82, 2.24) is 10.2 Å². The minimum Gasteiger partial charge on any atom is -0.393 e. The van der Waals surface area contributed by atoms with Crippen molar-refractivity contribution in [1.29, 1.82) is 0 Å².